The Morgan fingerprint density at radius 2 is 1.71 bits per heavy atom. The zero-order chi connectivity index (χ0) is 14.7. The van der Waals surface area contributed by atoms with Gasteiger partial charge in [-0.3, -0.25) is 0 Å². The van der Waals surface area contributed by atoms with Crippen LogP contribution in [0.1, 0.15) is 11.1 Å². The van der Waals surface area contributed by atoms with Crippen molar-refractivity contribution in [2.24, 2.45) is 0 Å². The molecular formula is C18H17NOS. The van der Waals surface area contributed by atoms with E-state index in [4.69, 9.17) is 10.5 Å². The maximum absolute atomic E-state index is 5.91. The number of benzene rings is 2. The molecule has 0 aliphatic rings. The first-order valence-corrected chi connectivity index (χ1v) is 7.73. The molecular weight excluding hydrogens is 278 g/mol. The van der Waals surface area contributed by atoms with Gasteiger partial charge in [-0.05, 0) is 47.9 Å². The monoisotopic (exact) mass is 295 g/mol. The van der Waals surface area contributed by atoms with Gasteiger partial charge in [-0.15, -0.1) is 11.3 Å². The van der Waals surface area contributed by atoms with E-state index in [0.717, 1.165) is 17.0 Å². The molecule has 2 N–H and O–H groups in total. The van der Waals surface area contributed by atoms with Crippen molar-refractivity contribution in [2.75, 3.05) is 5.73 Å². The minimum absolute atomic E-state index is 0.588. The number of rotatable bonds is 4. The second kappa shape index (κ2) is 6.02. The van der Waals surface area contributed by atoms with Crippen LogP contribution in [0.4, 0.5) is 5.69 Å². The van der Waals surface area contributed by atoms with Crippen LogP contribution in [0, 0.1) is 6.92 Å². The molecule has 0 saturated carbocycles. The average molecular weight is 295 g/mol. The summed E-state index contributed by atoms with van der Waals surface area (Å²) < 4.78 is 5.80. The summed E-state index contributed by atoms with van der Waals surface area (Å²) in [6, 6.07) is 18.3. The molecule has 0 spiro atoms. The van der Waals surface area contributed by atoms with Crippen LogP contribution < -0.4 is 10.5 Å². The number of ether oxygens (including phenoxy) is 1. The molecule has 0 saturated heterocycles. The smallest absolute Gasteiger partial charge is 0.119 e. The van der Waals surface area contributed by atoms with E-state index in [2.05, 4.69) is 31.2 Å². The lowest BCUT2D eigenvalue weighted by atomic mass is 10.1. The van der Waals surface area contributed by atoms with Gasteiger partial charge in [-0.1, -0.05) is 30.3 Å². The lowest BCUT2D eigenvalue weighted by Gasteiger charge is -2.07. The molecule has 2 nitrogen and oxygen atoms in total. The largest absolute Gasteiger partial charge is 0.489 e. The zero-order valence-corrected chi connectivity index (χ0v) is 12.7. The highest BCUT2D eigenvalue weighted by Gasteiger charge is 2.07. The van der Waals surface area contributed by atoms with E-state index in [0.29, 0.717) is 6.61 Å². The van der Waals surface area contributed by atoms with Crippen molar-refractivity contribution in [3.63, 3.8) is 0 Å². The van der Waals surface area contributed by atoms with Crippen LogP contribution in [0.5, 0.6) is 5.75 Å². The van der Waals surface area contributed by atoms with Gasteiger partial charge in [-0.2, -0.15) is 0 Å². The molecule has 1 heterocycles. The van der Waals surface area contributed by atoms with Crippen molar-refractivity contribution < 1.29 is 4.74 Å². The molecule has 0 aliphatic carbocycles. The van der Waals surface area contributed by atoms with E-state index in [1.165, 1.54) is 16.0 Å². The lowest BCUT2D eigenvalue weighted by molar-refractivity contribution is 0.306. The van der Waals surface area contributed by atoms with E-state index in [1.807, 2.05) is 35.7 Å². The fourth-order valence-corrected chi connectivity index (χ4v) is 3.15. The van der Waals surface area contributed by atoms with Gasteiger partial charge in [0, 0.05) is 15.9 Å². The van der Waals surface area contributed by atoms with Crippen LogP contribution in [0.2, 0.25) is 0 Å². The maximum atomic E-state index is 5.91. The number of nitrogens with two attached hydrogens (primary N) is 1. The minimum Gasteiger partial charge on any atom is -0.489 e. The van der Waals surface area contributed by atoms with E-state index in [9.17, 15) is 0 Å². The molecule has 1 aromatic heterocycles. The first-order valence-electron chi connectivity index (χ1n) is 6.85. The number of thiophene rings is 1. The van der Waals surface area contributed by atoms with Crippen LogP contribution in [0.15, 0.2) is 60.0 Å². The third-order valence-electron chi connectivity index (χ3n) is 3.44. The summed E-state index contributed by atoms with van der Waals surface area (Å²) in [5.74, 6) is 0.879. The summed E-state index contributed by atoms with van der Waals surface area (Å²) in [5, 5.41) is 1.99. The highest BCUT2D eigenvalue weighted by Crippen LogP contribution is 2.34. The van der Waals surface area contributed by atoms with Crippen LogP contribution in [-0.2, 0) is 6.61 Å². The Bertz CT molecular complexity index is 717. The predicted octanol–water partition coefficient (Wildman–Crippen LogP) is 4.88. The van der Waals surface area contributed by atoms with Crippen molar-refractivity contribution >= 4 is 17.0 Å². The van der Waals surface area contributed by atoms with Crippen molar-refractivity contribution in [3.05, 3.63) is 71.1 Å². The molecule has 3 aromatic rings. The third kappa shape index (κ3) is 3.09. The van der Waals surface area contributed by atoms with Crippen molar-refractivity contribution in [3.8, 4) is 16.2 Å². The Labute approximate surface area is 128 Å². The number of nitrogen functional groups attached to an aromatic ring is 1. The molecule has 106 valence electrons. The Balaban J connectivity index is 1.71. The minimum atomic E-state index is 0.588. The van der Waals surface area contributed by atoms with Crippen molar-refractivity contribution in [2.45, 2.75) is 13.5 Å². The molecule has 0 unspecified atom stereocenters. The normalized spacial score (nSPS) is 10.5. The average Bonchev–Trinajstić information content (AvgIpc) is 2.87. The molecule has 0 amide bonds. The van der Waals surface area contributed by atoms with Gasteiger partial charge >= 0.3 is 0 Å². The standard InChI is InChI=1S/C18H17NOS/c1-13-17(19)12-21-18(13)15-7-9-16(10-8-15)20-11-14-5-3-2-4-6-14/h2-10,12H,11,19H2,1H3. The van der Waals surface area contributed by atoms with Crippen LogP contribution in [-0.4, -0.2) is 0 Å². The maximum Gasteiger partial charge on any atom is 0.119 e. The predicted molar refractivity (Wildman–Crippen MR) is 89.7 cm³/mol. The Kier molecular flexibility index (Phi) is 3.93. The van der Waals surface area contributed by atoms with Crippen molar-refractivity contribution in [1.29, 1.82) is 0 Å². The highest BCUT2D eigenvalue weighted by atomic mass is 32.1. The molecule has 2 aromatic carbocycles. The Morgan fingerprint density at radius 1 is 1.00 bits per heavy atom. The first-order chi connectivity index (χ1) is 10.2. The second-order valence-corrected chi connectivity index (χ2v) is 5.82. The van der Waals surface area contributed by atoms with E-state index < -0.39 is 0 Å². The van der Waals surface area contributed by atoms with Crippen LogP contribution in [0.25, 0.3) is 10.4 Å². The van der Waals surface area contributed by atoms with Gasteiger partial charge in [0.15, 0.2) is 0 Å². The number of hydrogen-bond donors (Lipinski definition) is 1. The van der Waals surface area contributed by atoms with E-state index >= 15 is 0 Å². The number of hydrogen-bond acceptors (Lipinski definition) is 3. The van der Waals surface area contributed by atoms with Crippen molar-refractivity contribution in [1.82, 2.24) is 0 Å². The van der Waals surface area contributed by atoms with Crippen LogP contribution in [0.3, 0.4) is 0 Å². The quantitative estimate of drug-likeness (QED) is 0.744. The fraction of sp³-hybridized carbons (Fsp3) is 0.111. The molecule has 0 atom stereocenters. The van der Waals surface area contributed by atoms with Gasteiger partial charge in [0.25, 0.3) is 0 Å². The summed E-state index contributed by atoms with van der Waals surface area (Å²) in [4.78, 5) is 1.22. The molecule has 21 heavy (non-hydrogen) atoms. The van der Waals surface area contributed by atoms with E-state index in [-0.39, 0.29) is 0 Å². The Hall–Kier alpha value is -2.26. The molecule has 0 aliphatic heterocycles. The van der Waals surface area contributed by atoms with Gasteiger partial charge in [0.05, 0.1) is 0 Å². The zero-order valence-electron chi connectivity index (χ0n) is 11.9. The Morgan fingerprint density at radius 3 is 2.33 bits per heavy atom. The molecule has 3 rings (SSSR count). The summed E-state index contributed by atoms with van der Waals surface area (Å²) in [6.07, 6.45) is 0. The topological polar surface area (TPSA) is 35.2 Å². The molecule has 0 radical (unpaired) electrons. The SMILES string of the molecule is Cc1c(N)csc1-c1ccc(OCc2ccccc2)cc1. The first kappa shape index (κ1) is 13.7. The fourth-order valence-electron chi connectivity index (χ4n) is 2.16. The van der Waals surface area contributed by atoms with E-state index in [1.54, 1.807) is 11.3 Å². The molecule has 0 fully saturated rings. The second-order valence-electron chi connectivity index (χ2n) is 4.94. The summed E-state index contributed by atoms with van der Waals surface area (Å²) in [5.41, 5.74) is 10.3. The summed E-state index contributed by atoms with van der Waals surface area (Å²) >= 11 is 1.68. The highest BCUT2D eigenvalue weighted by molar-refractivity contribution is 7.14. The lowest BCUT2D eigenvalue weighted by Crippen LogP contribution is -1.94. The van der Waals surface area contributed by atoms with Gasteiger partial charge in [0.1, 0.15) is 12.4 Å². The van der Waals surface area contributed by atoms with Gasteiger partial charge < -0.3 is 10.5 Å². The molecule has 0 bridgehead atoms. The van der Waals surface area contributed by atoms with Gasteiger partial charge in [-0.25, -0.2) is 0 Å². The molecule has 3 heteroatoms. The van der Waals surface area contributed by atoms with Gasteiger partial charge in [0.2, 0.25) is 0 Å². The van der Waals surface area contributed by atoms with Crippen LogP contribution >= 0.6 is 11.3 Å². The number of anilines is 1. The third-order valence-corrected chi connectivity index (χ3v) is 4.59. The summed E-state index contributed by atoms with van der Waals surface area (Å²) in [6.45, 7) is 2.64. The summed E-state index contributed by atoms with van der Waals surface area (Å²) in [7, 11) is 0.